The first-order valence-electron chi connectivity index (χ1n) is 12.4. The summed E-state index contributed by atoms with van der Waals surface area (Å²) in [5, 5.41) is 17.8. The molecule has 4 aromatic rings. The molecule has 1 amide bonds. The van der Waals surface area contributed by atoms with Crippen molar-refractivity contribution in [2.75, 3.05) is 37.9 Å². The van der Waals surface area contributed by atoms with Crippen molar-refractivity contribution in [3.8, 4) is 11.8 Å². The Morgan fingerprint density at radius 2 is 2.05 bits per heavy atom. The number of anilines is 3. The van der Waals surface area contributed by atoms with E-state index in [0.717, 1.165) is 10.6 Å². The highest BCUT2D eigenvalue weighted by Gasteiger charge is 2.16. The van der Waals surface area contributed by atoms with Crippen molar-refractivity contribution in [3.63, 3.8) is 0 Å². The number of nitrogens with zero attached hydrogens (tertiary/aromatic N) is 5. The number of hydrogen-bond acceptors (Lipinski definition) is 9. The molecule has 2 aromatic carbocycles. The summed E-state index contributed by atoms with van der Waals surface area (Å²) in [5.74, 6) is 0.189. The zero-order valence-electron chi connectivity index (χ0n) is 22.5. The van der Waals surface area contributed by atoms with E-state index in [1.165, 1.54) is 24.0 Å². The number of benzene rings is 2. The van der Waals surface area contributed by atoms with E-state index in [-0.39, 0.29) is 5.91 Å². The molecule has 4 rings (SSSR count). The molecule has 11 heteroatoms. The average molecular weight is 574 g/mol. The Morgan fingerprint density at radius 1 is 1.23 bits per heavy atom. The third kappa shape index (κ3) is 7.27. The number of nitriles is 1. The fraction of sp³-hybridized carbons (Fsp3) is 0.207. The number of likely N-dealkylation sites (N-methyl/N-ethyl adjacent to an activating group) is 1. The predicted molar refractivity (Wildman–Crippen MR) is 160 cm³/mol. The van der Waals surface area contributed by atoms with Gasteiger partial charge >= 0.3 is 0 Å². The Hall–Kier alpha value is -4.17. The Morgan fingerprint density at radius 3 is 2.75 bits per heavy atom. The van der Waals surface area contributed by atoms with Crippen LogP contribution in [0.3, 0.4) is 0 Å². The second-order valence-electron chi connectivity index (χ2n) is 8.96. The highest BCUT2D eigenvalue weighted by atomic mass is 35.5. The summed E-state index contributed by atoms with van der Waals surface area (Å²) >= 11 is 7.98. The topological polar surface area (TPSA) is 116 Å². The third-order valence-corrected chi connectivity index (χ3v) is 6.94. The first kappa shape index (κ1) is 28.8. The maximum absolute atomic E-state index is 12.6. The van der Waals surface area contributed by atoms with Crippen LogP contribution in [0.15, 0.2) is 71.0 Å². The van der Waals surface area contributed by atoms with Crippen molar-refractivity contribution in [3.05, 3.63) is 77.2 Å². The van der Waals surface area contributed by atoms with Gasteiger partial charge in [-0.1, -0.05) is 17.7 Å². The number of nitrogens with one attached hydrogen (secondary N) is 2. The van der Waals surface area contributed by atoms with Gasteiger partial charge in [0.25, 0.3) is 0 Å². The van der Waals surface area contributed by atoms with Gasteiger partial charge in [0.1, 0.15) is 11.8 Å². The summed E-state index contributed by atoms with van der Waals surface area (Å²) in [5.41, 5.74) is 3.48. The van der Waals surface area contributed by atoms with Gasteiger partial charge in [0, 0.05) is 52.7 Å². The van der Waals surface area contributed by atoms with Crippen molar-refractivity contribution in [1.82, 2.24) is 19.9 Å². The molecule has 2 aromatic heterocycles. The standard InChI is InChI=1S/C29H28ClN7O2S/c1-5-39-25-15-23-21(14-24(25)36-27(38)7-6-12-37(3)4)28(19(16-31)17-33-23)35-20-8-9-26(22(30)13-20)40-29-32-11-10-18(2)34-29/h6-11,13-15,17H,5,12H2,1-4H3,(H,33,35)(H,36,38). The molecule has 0 spiro atoms. The zero-order valence-corrected chi connectivity index (χ0v) is 24.1. The molecule has 2 heterocycles. The molecule has 0 atom stereocenters. The lowest BCUT2D eigenvalue weighted by Gasteiger charge is -2.16. The zero-order chi connectivity index (χ0) is 28.6. The molecule has 2 N–H and O–H groups in total. The molecule has 204 valence electrons. The Kier molecular flexibility index (Phi) is 9.56. The Balaban J connectivity index is 1.68. The lowest BCUT2D eigenvalue weighted by molar-refractivity contribution is -0.111. The number of fused-ring (bicyclic) bond motifs is 1. The molecule has 0 aliphatic heterocycles. The van der Waals surface area contributed by atoms with Crippen LogP contribution in [0.25, 0.3) is 10.9 Å². The Labute approximate surface area is 242 Å². The molecular weight excluding hydrogens is 546 g/mol. The van der Waals surface area contributed by atoms with Crippen LogP contribution in [0, 0.1) is 18.3 Å². The first-order valence-corrected chi connectivity index (χ1v) is 13.6. The van der Waals surface area contributed by atoms with Crippen LogP contribution in [-0.4, -0.2) is 53.0 Å². The second kappa shape index (κ2) is 13.3. The number of carbonyl (C=O) groups excluding carboxylic acids is 1. The maximum atomic E-state index is 12.6. The van der Waals surface area contributed by atoms with E-state index >= 15 is 0 Å². The van der Waals surface area contributed by atoms with Crippen molar-refractivity contribution >= 4 is 57.2 Å². The SMILES string of the molecule is CCOc1cc2ncc(C#N)c(Nc3ccc(Sc4nccc(C)n4)c(Cl)c3)c2cc1NC(=O)C=CCN(C)C. The van der Waals surface area contributed by atoms with E-state index < -0.39 is 0 Å². The first-order chi connectivity index (χ1) is 19.3. The van der Waals surface area contributed by atoms with E-state index in [1.807, 2.05) is 51.0 Å². The molecule has 0 aliphatic rings. The van der Waals surface area contributed by atoms with E-state index in [2.05, 4.69) is 31.7 Å². The molecule has 9 nitrogen and oxygen atoms in total. The van der Waals surface area contributed by atoms with Gasteiger partial charge in [0.15, 0.2) is 5.16 Å². The van der Waals surface area contributed by atoms with Crippen LogP contribution in [0.2, 0.25) is 5.02 Å². The van der Waals surface area contributed by atoms with Gasteiger partial charge in [0.05, 0.1) is 34.1 Å². The van der Waals surface area contributed by atoms with E-state index in [4.69, 9.17) is 16.3 Å². The summed E-state index contributed by atoms with van der Waals surface area (Å²) in [7, 11) is 3.84. The highest BCUT2D eigenvalue weighted by Crippen LogP contribution is 2.38. The van der Waals surface area contributed by atoms with Gasteiger partial charge in [-0.25, -0.2) is 9.97 Å². The number of aromatic nitrogens is 3. The lowest BCUT2D eigenvalue weighted by atomic mass is 10.1. The van der Waals surface area contributed by atoms with Gasteiger partial charge in [-0.3, -0.25) is 9.78 Å². The van der Waals surface area contributed by atoms with E-state index in [0.29, 0.717) is 62.6 Å². The van der Waals surface area contributed by atoms with Gasteiger partial charge in [-0.05, 0) is 70.0 Å². The maximum Gasteiger partial charge on any atom is 0.248 e. The fourth-order valence-corrected chi connectivity index (χ4v) is 4.82. The minimum Gasteiger partial charge on any atom is -0.492 e. The van der Waals surface area contributed by atoms with Crippen molar-refractivity contribution in [2.24, 2.45) is 0 Å². The van der Waals surface area contributed by atoms with Crippen molar-refractivity contribution in [1.29, 1.82) is 5.26 Å². The van der Waals surface area contributed by atoms with Crippen molar-refractivity contribution < 1.29 is 9.53 Å². The molecule has 0 saturated carbocycles. The number of pyridine rings is 1. The summed E-state index contributed by atoms with van der Waals surface area (Å²) in [6, 6.07) is 13.1. The number of aryl methyl sites for hydroxylation is 1. The molecule has 0 saturated heterocycles. The molecule has 0 bridgehead atoms. The minimum absolute atomic E-state index is 0.293. The third-order valence-electron chi connectivity index (χ3n) is 5.56. The second-order valence-corrected chi connectivity index (χ2v) is 10.4. The van der Waals surface area contributed by atoms with Gasteiger partial charge < -0.3 is 20.3 Å². The normalized spacial score (nSPS) is 11.1. The van der Waals surface area contributed by atoms with Crippen molar-refractivity contribution in [2.45, 2.75) is 23.9 Å². The number of ether oxygens (including phenoxy) is 1. The van der Waals surface area contributed by atoms with Crippen LogP contribution < -0.4 is 15.4 Å². The number of amides is 1. The lowest BCUT2D eigenvalue weighted by Crippen LogP contribution is -2.13. The quantitative estimate of drug-likeness (QED) is 0.169. The number of rotatable bonds is 10. The highest BCUT2D eigenvalue weighted by molar-refractivity contribution is 7.99. The average Bonchev–Trinajstić information content (AvgIpc) is 2.91. The summed E-state index contributed by atoms with van der Waals surface area (Å²) in [4.78, 5) is 28.5. The molecule has 0 radical (unpaired) electrons. The molecule has 0 aliphatic carbocycles. The van der Waals surface area contributed by atoms with Crippen LogP contribution in [0.4, 0.5) is 17.1 Å². The predicted octanol–water partition coefficient (Wildman–Crippen LogP) is 6.21. The smallest absolute Gasteiger partial charge is 0.248 e. The molecule has 0 unspecified atom stereocenters. The number of carbonyl (C=O) groups is 1. The van der Waals surface area contributed by atoms with Crippen LogP contribution in [0.5, 0.6) is 5.75 Å². The summed E-state index contributed by atoms with van der Waals surface area (Å²) < 4.78 is 5.79. The molecular formula is C29H28ClN7O2S. The van der Waals surface area contributed by atoms with Gasteiger partial charge in [-0.2, -0.15) is 5.26 Å². The van der Waals surface area contributed by atoms with E-state index in [1.54, 1.807) is 30.5 Å². The number of halogens is 1. The monoisotopic (exact) mass is 573 g/mol. The number of hydrogen-bond donors (Lipinski definition) is 2. The fourth-order valence-electron chi connectivity index (χ4n) is 3.74. The van der Waals surface area contributed by atoms with Gasteiger partial charge in [-0.15, -0.1) is 0 Å². The van der Waals surface area contributed by atoms with Crippen LogP contribution in [-0.2, 0) is 4.79 Å². The van der Waals surface area contributed by atoms with E-state index in [9.17, 15) is 10.1 Å². The summed E-state index contributed by atoms with van der Waals surface area (Å²) in [6.45, 7) is 4.80. The summed E-state index contributed by atoms with van der Waals surface area (Å²) in [6.07, 6.45) is 6.46. The molecule has 40 heavy (non-hydrogen) atoms. The van der Waals surface area contributed by atoms with Crippen LogP contribution in [0.1, 0.15) is 18.2 Å². The Bertz CT molecular complexity index is 1620. The minimum atomic E-state index is -0.293. The van der Waals surface area contributed by atoms with Crippen LogP contribution >= 0.6 is 23.4 Å². The van der Waals surface area contributed by atoms with Gasteiger partial charge in [0.2, 0.25) is 5.91 Å². The molecule has 0 fully saturated rings. The largest absolute Gasteiger partial charge is 0.492 e.